The van der Waals surface area contributed by atoms with Crippen LogP contribution in [-0.2, 0) is 4.79 Å². The minimum absolute atomic E-state index is 0.142. The lowest BCUT2D eigenvalue weighted by molar-refractivity contribution is -0.116. The summed E-state index contributed by atoms with van der Waals surface area (Å²) in [6, 6.07) is 16.2. The van der Waals surface area contributed by atoms with Crippen LogP contribution in [0.2, 0.25) is 5.02 Å². The van der Waals surface area contributed by atoms with E-state index in [1.54, 1.807) is 30.3 Å². The molecule has 2 aromatic rings. The van der Waals surface area contributed by atoms with Gasteiger partial charge in [0.1, 0.15) is 6.54 Å². The van der Waals surface area contributed by atoms with Crippen LogP contribution in [0.5, 0.6) is 0 Å². The molecular formula is C16H12ClN3O. The second kappa shape index (κ2) is 6.69. The molecule has 0 heterocycles. The number of carbonyl (C=O) groups excluding carboxylic acids is 1. The highest BCUT2D eigenvalue weighted by Crippen LogP contribution is 2.20. The van der Waals surface area contributed by atoms with Gasteiger partial charge in [-0.05, 0) is 18.2 Å². The molecule has 2 rings (SSSR count). The Morgan fingerprint density at radius 3 is 2.67 bits per heavy atom. The summed E-state index contributed by atoms with van der Waals surface area (Å²) in [7, 11) is 0. The Kier molecular flexibility index (Phi) is 4.70. The Balaban J connectivity index is 2.56. The number of rotatable bonds is 4. The lowest BCUT2D eigenvalue weighted by Gasteiger charge is -2.09. The molecule has 21 heavy (non-hydrogen) atoms. The zero-order valence-corrected chi connectivity index (χ0v) is 11.8. The summed E-state index contributed by atoms with van der Waals surface area (Å²) < 4.78 is 0. The van der Waals surface area contributed by atoms with Crippen LogP contribution in [0.1, 0.15) is 16.7 Å². The number of aliphatic imine (C=N–C) groups is 1. The van der Waals surface area contributed by atoms with Gasteiger partial charge in [0.25, 0.3) is 0 Å². The maximum absolute atomic E-state index is 11.0. The third-order valence-electron chi connectivity index (χ3n) is 2.79. The van der Waals surface area contributed by atoms with Crippen molar-refractivity contribution in [3.05, 3.63) is 70.2 Å². The first-order chi connectivity index (χ1) is 10.1. The van der Waals surface area contributed by atoms with E-state index >= 15 is 0 Å². The highest BCUT2D eigenvalue weighted by atomic mass is 35.5. The van der Waals surface area contributed by atoms with E-state index in [1.165, 1.54) is 0 Å². The molecule has 0 bridgehead atoms. The van der Waals surface area contributed by atoms with Gasteiger partial charge in [0, 0.05) is 16.1 Å². The molecule has 0 aliphatic carbocycles. The predicted molar refractivity (Wildman–Crippen MR) is 82.3 cm³/mol. The first kappa shape index (κ1) is 14.8. The van der Waals surface area contributed by atoms with Crippen LogP contribution in [-0.4, -0.2) is 18.2 Å². The van der Waals surface area contributed by atoms with Gasteiger partial charge < -0.3 is 5.73 Å². The first-order valence-corrected chi connectivity index (χ1v) is 6.58. The van der Waals surface area contributed by atoms with E-state index in [9.17, 15) is 4.79 Å². The molecule has 0 saturated heterocycles. The Bertz CT molecular complexity index is 747. The average Bonchev–Trinajstić information content (AvgIpc) is 2.49. The Morgan fingerprint density at radius 1 is 1.24 bits per heavy atom. The van der Waals surface area contributed by atoms with E-state index in [0.717, 1.165) is 0 Å². The van der Waals surface area contributed by atoms with Gasteiger partial charge in [-0.1, -0.05) is 41.9 Å². The van der Waals surface area contributed by atoms with Gasteiger partial charge in [0.2, 0.25) is 5.91 Å². The van der Waals surface area contributed by atoms with Gasteiger partial charge in [-0.25, -0.2) is 0 Å². The lowest BCUT2D eigenvalue weighted by atomic mass is 10.0. The maximum Gasteiger partial charge on any atom is 0.239 e. The summed E-state index contributed by atoms with van der Waals surface area (Å²) in [4.78, 5) is 15.3. The Hall–Kier alpha value is -2.64. The average molecular weight is 298 g/mol. The largest absolute Gasteiger partial charge is 0.368 e. The molecule has 2 N–H and O–H groups in total. The molecule has 0 aliphatic heterocycles. The number of nitrogens with two attached hydrogens (primary N) is 1. The molecule has 0 saturated carbocycles. The summed E-state index contributed by atoms with van der Waals surface area (Å²) >= 11 is 6.20. The molecule has 104 valence electrons. The fourth-order valence-corrected chi connectivity index (χ4v) is 2.10. The second-order valence-corrected chi connectivity index (χ2v) is 4.71. The fraction of sp³-hybridized carbons (Fsp3) is 0.0625. The molecule has 4 nitrogen and oxygen atoms in total. The van der Waals surface area contributed by atoms with Crippen molar-refractivity contribution < 1.29 is 4.79 Å². The molecule has 0 spiro atoms. The number of hydrogen-bond acceptors (Lipinski definition) is 3. The topological polar surface area (TPSA) is 79.2 Å². The number of amides is 1. The molecule has 0 atom stereocenters. The summed E-state index contributed by atoms with van der Waals surface area (Å²) in [5.41, 5.74) is 7.61. The number of primary amides is 1. The molecule has 0 radical (unpaired) electrons. The minimum atomic E-state index is -0.531. The van der Waals surface area contributed by atoms with Crippen LogP contribution in [0.4, 0.5) is 0 Å². The van der Waals surface area contributed by atoms with Crippen LogP contribution in [0.25, 0.3) is 0 Å². The maximum atomic E-state index is 11.0. The molecule has 0 aliphatic rings. The second-order valence-electron chi connectivity index (χ2n) is 4.30. The first-order valence-electron chi connectivity index (χ1n) is 6.20. The van der Waals surface area contributed by atoms with Gasteiger partial charge in [-0.15, -0.1) is 0 Å². The van der Waals surface area contributed by atoms with Crippen molar-refractivity contribution in [3.63, 3.8) is 0 Å². The van der Waals surface area contributed by atoms with Crippen LogP contribution in [0.15, 0.2) is 53.5 Å². The van der Waals surface area contributed by atoms with E-state index in [4.69, 9.17) is 22.6 Å². The third-order valence-corrected chi connectivity index (χ3v) is 3.12. The fourth-order valence-electron chi connectivity index (χ4n) is 1.88. The zero-order chi connectivity index (χ0) is 15.2. The molecule has 0 fully saturated rings. The standard InChI is InChI=1S/C16H12ClN3O/c17-14-7-2-1-6-13(14)16(20-10-15(19)21)12-5-3-4-11(8-12)9-18/h1-8H,10H2,(H2,19,21). The van der Waals surface area contributed by atoms with Gasteiger partial charge in [0.15, 0.2) is 0 Å². The summed E-state index contributed by atoms with van der Waals surface area (Å²) in [6.45, 7) is -0.142. The smallest absolute Gasteiger partial charge is 0.239 e. The van der Waals surface area contributed by atoms with Crippen molar-refractivity contribution in [2.24, 2.45) is 10.7 Å². The van der Waals surface area contributed by atoms with Crippen molar-refractivity contribution >= 4 is 23.2 Å². The van der Waals surface area contributed by atoms with E-state index in [2.05, 4.69) is 11.1 Å². The van der Waals surface area contributed by atoms with Gasteiger partial charge >= 0.3 is 0 Å². The third kappa shape index (κ3) is 3.68. The van der Waals surface area contributed by atoms with Gasteiger partial charge in [0.05, 0.1) is 17.3 Å². The number of halogens is 1. The van der Waals surface area contributed by atoms with Crippen molar-refractivity contribution in [3.8, 4) is 6.07 Å². The van der Waals surface area contributed by atoms with E-state index in [-0.39, 0.29) is 6.54 Å². The Labute approximate surface area is 127 Å². The van der Waals surface area contributed by atoms with Crippen molar-refractivity contribution in [1.29, 1.82) is 5.26 Å². The van der Waals surface area contributed by atoms with Crippen LogP contribution < -0.4 is 5.73 Å². The number of carbonyl (C=O) groups is 1. The van der Waals surface area contributed by atoms with Gasteiger partial charge in [-0.3, -0.25) is 9.79 Å². The quantitative estimate of drug-likeness (QED) is 0.880. The van der Waals surface area contributed by atoms with E-state index in [0.29, 0.717) is 27.4 Å². The van der Waals surface area contributed by atoms with E-state index < -0.39 is 5.91 Å². The number of hydrogen-bond donors (Lipinski definition) is 1. The molecule has 1 amide bonds. The zero-order valence-electron chi connectivity index (χ0n) is 11.1. The number of benzene rings is 2. The van der Waals surface area contributed by atoms with Crippen LogP contribution in [0, 0.1) is 11.3 Å². The molecule has 0 aromatic heterocycles. The lowest BCUT2D eigenvalue weighted by Crippen LogP contribution is -2.16. The SMILES string of the molecule is N#Cc1cccc(C(=NCC(N)=O)c2ccccc2Cl)c1. The van der Waals surface area contributed by atoms with Crippen molar-refractivity contribution in [1.82, 2.24) is 0 Å². The van der Waals surface area contributed by atoms with Crippen molar-refractivity contribution in [2.75, 3.05) is 6.54 Å². The Morgan fingerprint density at radius 2 is 2.00 bits per heavy atom. The molecule has 5 heteroatoms. The number of nitriles is 1. The van der Waals surface area contributed by atoms with Crippen molar-refractivity contribution in [2.45, 2.75) is 0 Å². The van der Waals surface area contributed by atoms with Crippen LogP contribution in [0.3, 0.4) is 0 Å². The molecular weight excluding hydrogens is 286 g/mol. The minimum Gasteiger partial charge on any atom is -0.368 e. The summed E-state index contributed by atoms with van der Waals surface area (Å²) in [5.74, 6) is -0.531. The normalized spacial score (nSPS) is 11.0. The summed E-state index contributed by atoms with van der Waals surface area (Å²) in [5, 5.41) is 9.51. The highest BCUT2D eigenvalue weighted by Gasteiger charge is 2.11. The van der Waals surface area contributed by atoms with E-state index in [1.807, 2.05) is 18.2 Å². The highest BCUT2D eigenvalue weighted by molar-refractivity contribution is 6.35. The number of nitrogens with zero attached hydrogens (tertiary/aromatic N) is 2. The molecule has 0 unspecified atom stereocenters. The summed E-state index contributed by atoms with van der Waals surface area (Å²) in [6.07, 6.45) is 0. The monoisotopic (exact) mass is 297 g/mol. The van der Waals surface area contributed by atoms with Crippen LogP contribution >= 0.6 is 11.6 Å². The predicted octanol–water partition coefficient (Wildman–Crippen LogP) is 2.53. The molecule has 2 aromatic carbocycles. The van der Waals surface area contributed by atoms with Gasteiger partial charge in [-0.2, -0.15) is 5.26 Å².